The van der Waals surface area contributed by atoms with E-state index < -0.39 is 17.8 Å². The van der Waals surface area contributed by atoms with Crippen LogP contribution in [0.25, 0.3) is 0 Å². The molecule has 0 saturated heterocycles. The molecule has 2 aromatic carbocycles. The average Bonchev–Trinajstić information content (AvgIpc) is 2.80. The molecule has 166 valence electrons. The Bertz CT molecular complexity index is 875. The summed E-state index contributed by atoms with van der Waals surface area (Å²) in [5, 5.41) is 0. The Morgan fingerprint density at radius 2 is 1.48 bits per heavy atom. The minimum absolute atomic E-state index is 0.0966. The lowest BCUT2D eigenvalue weighted by Gasteiger charge is -2.14. The molecule has 2 N–H and O–H groups in total. The van der Waals surface area contributed by atoms with Crippen molar-refractivity contribution >= 4 is 17.8 Å². The lowest BCUT2D eigenvalue weighted by atomic mass is 10.1. The predicted molar refractivity (Wildman–Crippen MR) is 112 cm³/mol. The van der Waals surface area contributed by atoms with E-state index in [0.717, 1.165) is 5.56 Å². The summed E-state index contributed by atoms with van der Waals surface area (Å²) in [7, 11) is 4.31. The van der Waals surface area contributed by atoms with Crippen molar-refractivity contribution in [2.75, 3.05) is 27.9 Å². The van der Waals surface area contributed by atoms with E-state index in [1.54, 1.807) is 0 Å². The summed E-state index contributed by atoms with van der Waals surface area (Å²) in [5.41, 5.74) is 5.80. The van der Waals surface area contributed by atoms with Gasteiger partial charge in [-0.05, 0) is 17.7 Å². The van der Waals surface area contributed by atoms with Crippen molar-refractivity contribution in [2.45, 2.75) is 19.3 Å². The quantitative estimate of drug-likeness (QED) is 0.438. The van der Waals surface area contributed by atoms with Gasteiger partial charge in [-0.2, -0.15) is 0 Å². The first kappa shape index (κ1) is 23.5. The lowest BCUT2D eigenvalue weighted by molar-refractivity contribution is -0.144. The summed E-state index contributed by atoms with van der Waals surface area (Å²) in [6.07, 6.45) is 0.379. The zero-order valence-corrected chi connectivity index (χ0v) is 17.7. The molecule has 2 amide bonds. The van der Waals surface area contributed by atoms with Gasteiger partial charge in [0.15, 0.2) is 11.5 Å². The first-order chi connectivity index (χ1) is 15.0. The van der Waals surface area contributed by atoms with Gasteiger partial charge in [-0.25, -0.2) is 0 Å². The van der Waals surface area contributed by atoms with Gasteiger partial charge >= 0.3 is 5.97 Å². The molecule has 0 spiro atoms. The maximum absolute atomic E-state index is 12.3. The number of amides is 2. The number of carbonyl (C=O) groups is 3. The average molecular weight is 430 g/mol. The van der Waals surface area contributed by atoms with Gasteiger partial charge in [-0.3, -0.25) is 25.2 Å². The van der Waals surface area contributed by atoms with Gasteiger partial charge in [0.1, 0.15) is 0 Å². The van der Waals surface area contributed by atoms with Crippen LogP contribution in [0.1, 0.15) is 28.8 Å². The second-order valence-corrected chi connectivity index (χ2v) is 6.37. The van der Waals surface area contributed by atoms with Gasteiger partial charge in [0.25, 0.3) is 5.91 Å². The fraction of sp³-hybridized carbons (Fsp3) is 0.318. The molecule has 2 rings (SSSR count). The van der Waals surface area contributed by atoms with E-state index in [2.05, 4.69) is 10.9 Å². The van der Waals surface area contributed by atoms with E-state index in [1.807, 2.05) is 30.3 Å². The zero-order valence-electron chi connectivity index (χ0n) is 17.7. The van der Waals surface area contributed by atoms with Crippen LogP contribution in [0.3, 0.4) is 0 Å². The van der Waals surface area contributed by atoms with Crippen molar-refractivity contribution in [1.82, 2.24) is 10.9 Å². The van der Waals surface area contributed by atoms with Crippen LogP contribution in [0.2, 0.25) is 0 Å². The van der Waals surface area contributed by atoms with Gasteiger partial charge in [-0.15, -0.1) is 0 Å². The molecule has 0 aliphatic rings. The van der Waals surface area contributed by atoms with Crippen molar-refractivity contribution < 1.29 is 33.3 Å². The number of hydrazine groups is 1. The normalized spacial score (nSPS) is 10.0. The largest absolute Gasteiger partial charge is 0.493 e. The summed E-state index contributed by atoms with van der Waals surface area (Å²) in [6, 6.07) is 12.5. The van der Waals surface area contributed by atoms with Gasteiger partial charge in [0.2, 0.25) is 11.7 Å². The van der Waals surface area contributed by atoms with Gasteiger partial charge in [0, 0.05) is 18.4 Å². The van der Waals surface area contributed by atoms with Gasteiger partial charge in [-0.1, -0.05) is 30.3 Å². The monoisotopic (exact) mass is 430 g/mol. The highest BCUT2D eigenvalue weighted by Crippen LogP contribution is 2.38. The molecule has 0 radical (unpaired) electrons. The van der Waals surface area contributed by atoms with E-state index >= 15 is 0 Å². The van der Waals surface area contributed by atoms with E-state index in [1.165, 1.54) is 33.5 Å². The Hall–Kier alpha value is -3.75. The number of esters is 1. The summed E-state index contributed by atoms with van der Waals surface area (Å²) >= 11 is 0. The first-order valence-corrected chi connectivity index (χ1v) is 9.57. The summed E-state index contributed by atoms with van der Waals surface area (Å²) < 4.78 is 20.7. The second-order valence-electron chi connectivity index (χ2n) is 6.37. The number of ether oxygens (including phenoxy) is 4. The Morgan fingerprint density at radius 1 is 0.839 bits per heavy atom. The molecule has 0 aromatic heterocycles. The van der Waals surface area contributed by atoms with E-state index in [-0.39, 0.29) is 25.0 Å². The summed E-state index contributed by atoms with van der Waals surface area (Å²) in [6.45, 7) is 0.238. The van der Waals surface area contributed by atoms with Crippen LogP contribution in [0.15, 0.2) is 42.5 Å². The van der Waals surface area contributed by atoms with Gasteiger partial charge in [0.05, 0.1) is 34.4 Å². The molecule has 0 atom stereocenters. The topological polar surface area (TPSA) is 112 Å². The van der Waals surface area contributed by atoms with Crippen LogP contribution >= 0.6 is 0 Å². The summed E-state index contributed by atoms with van der Waals surface area (Å²) in [4.78, 5) is 36.0. The molecule has 9 nitrogen and oxygen atoms in total. The number of hydrogen-bond acceptors (Lipinski definition) is 7. The van der Waals surface area contributed by atoms with Crippen molar-refractivity contribution in [1.29, 1.82) is 0 Å². The van der Waals surface area contributed by atoms with Crippen LogP contribution in [0, 0.1) is 0 Å². The molecule has 0 saturated carbocycles. The fourth-order valence-electron chi connectivity index (χ4n) is 2.69. The van der Waals surface area contributed by atoms with Crippen molar-refractivity contribution in [3.8, 4) is 17.2 Å². The lowest BCUT2D eigenvalue weighted by Crippen LogP contribution is -2.41. The maximum atomic E-state index is 12.3. The molecule has 9 heteroatoms. The SMILES string of the molecule is COc1cc(C(=O)NNC(=O)CCC(=O)OCCc2ccccc2)cc(OC)c1OC. The highest BCUT2D eigenvalue weighted by atomic mass is 16.5. The number of carbonyl (C=O) groups excluding carboxylic acids is 3. The first-order valence-electron chi connectivity index (χ1n) is 9.57. The number of rotatable bonds is 10. The highest BCUT2D eigenvalue weighted by Gasteiger charge is 2.17. The molecule has 0 aliphatic heterocycles. The minimum atomic E-state index is -0.585. The molecule has 31 heavy (non-hydrogen) atoms. The molecule has 0 heterocycles. The molecule has 0 unspecified atom stereocenters. The van der Waals surface area contributed by atoms with Crippen molar-refractivity contribution in [3.05, 3.63) is 53.6 Å². The van der Waals surface area contributed by atoms with Gasteiger partial charge < -0.3 is 18.9 Å². The molecule has 0 fully saturated rings. The van der Waals surface area contributed by atoms with Crippen molar-refractivity contribution in [3.63, 3.8) is 0 Å². The van der Waals surface area contributed by atoms with Crippen LogP contribution in [0.5, 0.6) is 17.2 Å². The zero-order chi connectivity index (χ0) is 22.6. The van der Waals surface area contributed by atoms with E-state index in [9.17, 15) is 14.4 Å². The van der Waals surface area contributed by atoms with Crippen LogP contribution in [-0.4, -0.2) is 45.7 Å². The number of methoxy groups -OCH3 is 3. The highest BCUT2D eigenvalue weighted by molar-refractivity contribution is 5.96. The minimum Gasteiger partial charge on any atom is -0.493 e. The van der Waals surface area contributed by atoms with Crippen LogP contribution < -0.4 is 25.1 Å². The Balaban J connectivity index is 1.76. The van der Waals surface area contributed by atoms with E-state index in [0.29, 0.717) is 23.7 Å². The number of nitrogens with one attached hydrogen (secondary N) is 2. The van der Waals surface area contributed by atoms with Crippen LogP contribution in [0.4, 0.5) is 0 Å². The maximum Gasteiger partial charge on any atom is 0.306 e. The third-order valence-corrected chi connectivity index (χ3v) is 4.30. The fourth-order valence-corrected chi connectivity index (χ4v) is 2.69. The Kier molecular flexibility index (Phi) is 9.15. The standard InChI is InChI=1S/C22H26N2O7/c1-28-17-13-16(14-18(29-2)21(17)30-3)22(27)24-23-19(25)9-10-20(26)31-12-11-15-7-5-4-6-8-15/h4-8,13-14H,9-12H2,1-3H3,(H,23,25)(H,24,27). The third-order valence-electron chi connectivity index (χ3n) is 4.30. The second kappa shape index (κ2) is 12.1. The number of hydrogen-bond donors (Lipinski definition) is 2. The van der Waals surface area contributed by atoms with Crippen LogP contribution in [-0.2, 0) is 20.7 Å². The van der Waals surface area contributed by atoms with Crippen molar-refractivity contribution in [2.24, 2.45) is 0 Å². The molecule has 0 bridgehead atoms. The molecular formula is C22H26N2O7. The predicted octanol–water partition coefficient (Wildman–Crippen LogP) is 2.04. The Morgan fingerprint density at radius 3 is 2.06 bits per heavy atom. The van der Waals surface area contributed by atoms with E-state index in [4.69, 9.17) is 18.9 Å². The molecule has 2 aromatic rings. The smallest absolute Gasteiger partial charge is 0.306 e. The summed E-state index contributed by atoms with van der Waals surface area (Å²) in [5.74, 6) is -0.648. The third kappa shape index (κ3) is 7.22. The molecule has 0 aliphatic carbocycles. The number of benzene rings is 2. The Labute approximate surface area is 180 Å². The molecular weight excluding hydrogens is 404 g/mol.